The van der Waals surface area contributed by atoms with Gasteiger partial charge in [0.1, 0.15) is 67.1 Å². The molecule has 8 aromatic rings. The Morgan fingerprint density at radius 1 is 0.333 bits per heavy atom. The van der Waals surface area contributed by atoms with E-state index in [1.54, 1.807) is 20.8 Å². The van der Waals surface area contributed by atoms with Crippen molar-refractivity contribution in [1.29, 1.82) is 0 Å². The molecule has 3 heterocycles. The van der Waals surface area contributed by atoms with Gasteiger partial charge in [-0.15, -0.1) is 0 Å². The van der Waals surface area contributed by atoms with Crippen molar-refractivity contribution in [3.8, 4) is 0 Å². The van der Waals surface area contributed by atoms with Crippen molar-refractivity contribution >= 4 is 5.97 Å². The van der Waals surface area contributed by atoms with Crippen molar-refractivity contribution in [2.45, 2.75) is 179 Å². The topological polar surface area (TPSA) is 176 Å². The maximum Gasteiger partial charge on any atom is 0.311 e. The van der Waals surface area contributed by atoms with Crippen molar-refractivity contribution in [1.82, 2.24) is 0 Å². The highest BCUT2D eigenvalue weighted by molar-refractivity contribution is 5.75. The molecule has 1 N–H and O–H groups in total. The average Bonchev–Trinajstić information content (AvgIpc) is 0.767. The van der Waals surface area contributed by atoms with Crippen LogP contribution >= 0.6 is 0 Å². The van der Waals surface area contributed by atoms with E-state index in [0.29, 0.717) is 6.42 Å². The van der Waals surface area contributed by atoms with Gasteiger partial charge in [-0.3, -0.25) is 4.79 Å². The molecule has 99 heavy (non-hydrogen) atoms. The molecule has 0 amide bonds. The lowest BCUT2D eigenvalue weighted by Gasteiger charge is -2.51. The summed E-state index contributed by atoms with van der Waals surface area (Å²) in [6, 6.07) is 78.6. The number of aliphatic hydroxyl groups is 1. The van der Waals surface area contributed by atoms with Crippen LogP contribution in [0.25, 0.3) is 0 Å². The van der Waals surface area contributed by atoms with E-state index in [1.807, 2.05) is 250 Å². The molecule has 3 fully saturated rings. The zero-order valence-corrected chi connectivity index (χ0v) is 56.9. The highest BCUT2D eigenvalue weighted by Gasteiger charge is 2.58. The highest BCUT2D eigenvalue weighted by atomic mass is 16.8. The molecule has 0 spiro atoms. The van der Waals surface area contributed by atoms with Crippen LogP contribution in [0.5, 0.6) is 0 Å². The largest absolute Gasteiger partial charge is 0.454 e. The molecule has 0 radical (unpaired) electrons. The predicted octanol–water partition coefficient (Wildman–Crippen LogP) is 13.3. The fraction of sp³-hybridized carbons (Fsp3) is 0.402. The molecular formula is C82H94O17. The number of carbonyl (C=O) groups excluding carboxylic acids is 1. The van der Waals surface area contributed by atoms with Gasteiger partial charge in [-0.1, -0.05) is 250 Å². The lowest BCUT2D eigenvalue weighted by atomic mass is 9.94. The zero-order chi connectivity index (χ0) is 68.4. The standard InChI is InChI=1S/C82H94O17/c1-5-46-88-74-71(97-80-77(99-81(84)82(2,3)4)73(92-53-64-42-26-12-27-43-64)70(90-51-62-38-22-10-23-39-62)67(96-80)56-86-48-59-32-16-7-17-33-59)68(57-87-49-60-34-18-8-19-35-60)94-78(83)75(74)98-79-76(93-54-65-44-28-13-29-45-65)72(91-52-63-40-24-11-25-41-63)69(89-50-61-36-20-9-21-37-61)66(95-79)55-85-47-58-30-14-6-15-31-58/h6-45,66-80,83H,5,46-57H2,1-4H3. The number of hydrogen-bond donors (Lipinski definition) is 1. The Hall–Kier alpha value is -7.37. The third kappa shape index (κ3) is 21.6. The molecule has 524 valence electrons. The maximum atomic E-state index is 14.7. The lowest BCUT2D eigenvalue weighted by Crippen LogP contribution is -2.68. The van der Waals surface area contributed by atoms with Gasteiger partial charge >= 0.3 is 5.97 Å². The molecule has 3 aliphatic heterocycles. The molecule has 0 saturated carbocycles. The van der Waals surface area contributed by atoms with E-state index in [9.17, 15) is 9.90 Å². The summed E-state index contributed by atoms with van der Waals surface area (Å²) in [6.45, 7) is 8.84. The summed E-state index contributed by atoms with van der Waals surface area (Å²) in [5, 5.41) is 12.9. The summed E-state index contributed by atoms with van der Waals surface area (Å²) in [4.78, 5) is 14.7. The van der Waals surface area contributed by atoms with E-state index in [0.717, 1.165) is 44.5 Å². The number of aliphatic hydroxyl groups excluding tert-OH is 1. The summed E-state index contributed by atoms with van der Waals surface area (Å²) < 4.78 is 105. The van der Waals surface area contributed by atoms with E-state index < -0.39 is 104 Å². The first kappa shape index (κ1) is 72.9. The van der Waals surface area contributed by atoms with E-state index in [4.69, 9.17) is 71.1 Å². The van der Waals surface area contributed by atoms with E-state index in [2.05, 4.69) is 0 Å². The Balaban J connectivity index is 0.998. The number of ether oxygens (including phenoxy) is 15. The first-order chi connectivity index (χ1) is 48.5. The quantitative estimate of drug-likeness (QED) is 0.0371. The van der Waals surface area contributed by atoms with Crippen LogP contribution in [-0.4, -0.2) is 130 Å². The molecule has 0 aliphatic carbocycles. The molecule has 3 saturated heterocycles. The van der Waals surface area contributed by atoms with Gasteiger partial charge in [-0.25, -0.2) is 0 Å². The van der Waals surface area contributed by atoms with Crippen LogP contribution < -0.4 is 0 Å². The van der Waals surface area contributed by atoms with Crippen LogP contribution in [0, 0.1) is 5.41 Å². The Kier molecular flexibility index (Phi) is 27.9. The van der Waals surface area contributed by atoms with Gasteiger partial charge in [0.2, 0.25) is 0 Å². The SMILES string of the molecule is CCCOC1C(OC2OC(COCc3ccccc3)C(OCc3ccccc3)C(OCc3ccccc3)C2OCc2ccccc2)C(O)OC(COCc2ccccc2)C1OC1OC(COCc2ccccc2)C(OCc2ccccc2)C(OCc2ccccc2)C1OC(=O)C(C)(C)C. The fourth-order valence-corrected chi connectivity index (χ4v) is 12.2. The maximum absolute atomic E-state index is 14.7. The number of hydrogen-bond acceptors (Lipinski definition) is 17. The molecule has 11 rings (SSSR count). The number of benzene rings is 8. The van der Waals surface area contributed by atoms with Crippen LogP contribution in [0.4, 0.5) is 0 Å². The van der Waals surface area contributed by atoms with E-state index in [-0.39, 0.29) is 79.3 Å². The van der Waals surface area contributed by atoms with Crippen molar-refractivity contribution < 1.29 is 81.0 Å². The van der Waals surface area contributed by atoms with E-state index >= 15 is 0 Å². The number of rotatable bonds is 35. The molecule has 15 unspecified atom stereocenters. The van der Waals surface area contributed by atoms with Crippen molar-refractivity contribution in [3.05, 3.63) is 287 Å². The summed E-state index contributed by atoms with van der Waals surface area (Å²) in [6.07, 6.45) is -16.7. The van der Waals surface area contributed by atoms with Crippen LogP contribution in [-0.2, 0) is 129 Å². The fourth-order valence-electron chi connectivity index (χ4n) is 12.2. The minimum Gasteiger partial charge on any atom is -0.454 e. The van der Waals surface area contributed by atoms with Gasteiger partial charge in [0, 0.05) is 6.61 Å². The van der Waals surface area contributed by atoms with Crippen LogP contribution in [0.2, 0.25) is 0 Å². The van der Waals surface area contributed by atoms with Crippen molar-refractivity contribution in [2.75, 3.05) is 26.4 Å². The monoisotopic (exact) mass is 1350 g/mol. The zero-order valence-electron chi connectivity index (χ0n) is 56.9. The molecule has 8 aromatic carbocycles. The second kappa shape index (κ2) is 37.9. The minimum atomic E-state index is -1.71. The lowest BCUT2D eigenvalue weighted by molar-refractivity contribution is -0.394. The molecule has 0 aromatic heterocycles. The molecule has 3 aliphatic rings. The Bertz CT molecular complexity index is 3530. The molecule has 15 atom stereocenters. The third-order valence-corrected chi connectivity index (χ3v) is 17.4. The molecule has 0 bridgehead atoms. The second-order valence-electron chi connectivity index (χ2n) is 26.1. The molecule has 17 heteroatoms. The average molecular weight is 1350 g/mol. The first-order valence-electron chi connectivity index (χ1n) is 34.4. The van der Waals surface area contributed by atoms with E-state index in [1.165, 1.54) is 0 Å². The van der Waals surface area contributed by atoms with Crippen LogP contribution in [0.1, 0.15) is 78.6 Å². The Morgan fingerprint density at radius 2 is 0.606 bits per heavy atom. The predicted molar refractivity (Wildman–Crippen MR) is 371 cm³/mol. The van der Waals surface area contributed by atoms with Gasteiger partial charge in [0.15, 0.2) is 25.0 Å². The van der Waals surface area contributed by atoms with Crippen LogP contribution in [0.15, 0.2) is 243 Å². The van der Waals surface area contributed by atoms with Crippen molar-refractivity contribution in [3.63, 3.8) is 0 Å². The summed E-state index contributed by atoms with van der Waals surface area (Å²) >= 11 is 0. The number of esters is 1. The van der Waals surface area contributed by atoms with Gasteiger partial charge in [0.25, 0.3) is 0 Å². The Morgan fingerprint density at radius 3 is 0.939 bits per heavy atom. The molecule has 17 nitrogen and oxygen atoms in total. The summed E-state index contributed by atoms with van der Waals surface area (Å²) in [5.74, 6) is -0.551. The van der Waals surface area contributed by atoms with Gasteiger partial charge in [0.05, 0.1) is 78.1 Å². The highest BCUT2D eigenvalue weighted by Crippen LogP contribution is 2.39. The summed E-state index contributed by atoms with van der Waals surface area (Å²) in [5.41, 5.74) is 6.28. The van der Waals surface area contributed by atoms with Crippen LogP contribution in [0.3, 0.4) is 0 Å². The third-order valence-electron chi connectivity index (χ3n) is 17.4. The smallest absolute Gasteiger partial charge is 0.311 e. The first-order valence-corrected chi connectivity index (χ1v) is 34.4. The number of carbonyl (C=O) groups is 1. The van der Waals surface area contributed by atoms with Crippen molar-refractivity contribution in [2.24, 2.45) is 5.41 Å². The van der Waals surface area contributed by atoms with Gasteiger partial charge in [-0.05, 0) is 71.7 Å². The second-order valence-corrected chi connectivity index (χ2v) is 26.1. The summed E-state index contributed by atoms with van der Waals surface area (Å²) in [7, 11) is 0. The van der Waals surface area contributed by atoms with Gasteiger partial charge < -0.3 is 76.2 Å². The Labute approximate surface area is 582 Å². The van der Waals surface area contributed by atoms with Gasteiger partial charge in [-0.2, -0.15) is 0 Å². The minimum absolute atomic E-state index is 0.00642. The molecular weight excluding hydrogens is 1260 g/mol. The normalized spacial score (nSPS) is 25.6.